The van der Waals surface area contributed by atoms with E-state index < -0.39 is 0 Å². The molecule has 2 N–H and O–H groups in total. The number of aliphatic hydroxyl groups is 1. The topological polar surface area (TPSA) is 50.1 Å². The average molecular weight is 422 g/mol. The lowest BCUT2D eigenvalue weighted by Gasteiger charge is -2.06. The van der Waals surface area contributed by atoms with Crippen molar-refractivity contribution in [1.29, 1.82) is 0 Å². The monoisotopic (exact) mass is 421 g/mol. The van der Waals surface area contributed by atoms with E-state index in [-0.39, 0.29) is 6.61 Å². The summed E-state index contributed by atoms with van der Waals surface area (Å²) in [5.41, 5.74) is 2.18. The van der Waals surface area contributed by atoms with E-state index in [2.05, 4.69) is 55.0 Å². The highest BCUT2D eigenvalue weighted by Crippen LogP contribution is 2.22. The Hall–Kier alpha value is -0.600. The highest BCUT2D eigenvalue weighted by Gasteiger charge is 2.00. The maximum Gasteiger partial charge on any atom is 0.0640 e. The first-order valence-electron chi connectivity index (χ1n) is 5.50. The smallest absolute Gasteiger partial charge is 0.0640 e. The SMILES string of the molecule is OCCn1cc(CNc2ccc(Br)c(I)c2)cn1. The maximum atomic E-state index is 8.81. The van der Waals surface area contributed by atoms with E-state index in [0.717, 1.165) is 22.3 Å². The summed E-state index contributed by atoms with van der Waals surface area (Å²) < 4.78 is 4.01. The quantitative estimate of drug-likeness (QED) is 0.730. The van der Waals surface area contributed by atoms with Crippen LogP contribution < -0.4 is 5.32 Å². The molecule has 0 aliphatic heterocycles. The number of rotatable bonds is 5. The zero-order chi connectivity index (χ0) is 13.0. The van der Waals surface area contributed by atoms with Crippen molar-refractivity contribution in [2.24, 2.45) is 0 Å². The van der Waals surface area contributed by atoms with Crippen LogP contribution in [0.2, 0.25) is 0 Å². The van der Waals surface area contributed by atoms with Gasteiger partial charge in [-0.3, -0.25) is 4.68 Å². The number of nitrogens with zero attached hydrogens (tertiary/aromatic N) is 2. The molecule has 0 fully saturated rings. The Kier molecular flexibility index (Phi) is 5.02. The van der Waals surface area contributed by atoms with Crippen LogP contribution in [0.3, 0.4) is 0 Å². The van der Waals surface area contributed by atoms with Crippen molar-refractivity contribution < 1.29 is 5.11 Å². The van der Waals surface area contributed by atoms with Gasteiger partial charge in [0.2, 0.25) is 0 Å². The number of aliphatic hydroxyl groups excluding tert-OH is 1. The van der Waals surface area contributed by atoms with E-state index in [4.69, 9.17) is 5.11 Å². The Labute approximate surface area is 128 Å². The minimum atomic E-state index is 0.111. The van der Waals surface area contributed by atoms with Gasteiger partial charge in [-0.2, -0.15) is 5.10 Å². The van der Waals surface area contributed by atoms with E-state index >= 15 is 0 Å². The van der Waals surface area contributed by atoms with Crippen LogP contribution in [0, 0.1) is 3.57 Å². The normalized spacial score (nSPS) is 10.6. The molecule has 1 heterocycles. The van der Waals surface area contributed by atoms with Crippen LogP contribution in [-0.4, -0.2) is 21.5 Å². The number of aromatic nitrogens is 2. The highest BCUT2D eigenvalue weighted by atomic mass is 127. The molecule has 1 aromatic heterocycles. The predicted octanol–water partition coefficient (Wildman–Crippen LogP) is 2.85. The fourth-order valence-corrected chi connectivity index (χ4v) is 2.29. The van der Waals surface area contributed by atoms with Gasteiger partial charge in [-0.15, -0.1) is 0 Å². The third kappa shape index (κ3) is 3.69. The molecule has 0 saturated carbocycles. The van der Waals surface area contributed by atoms with E-state index in [9.17, 15) is 0 Å². The Morgan fingerprint density at radius 2 is 2.28 bits per heavy atom. The van der Waals surface area contributed by atoms with Gasteiger partial charge in [-0.1, -0.05) is 0 Å². The zero-order valence-electron chi connectivity index (χ0n) is 9.61. The molecule has 18 heavy (non-hydrogen) atoms. The van der Waals surface area contributed by atoms with Crippen LogP contribution in [0.4, 0.5) is 5.69 Å². The number of hydrogen-bond acceptors (Lipinski definition) is 3. The van der Waals surface area contributed by atoms with E-state index in [0.29, 0.717) is 6.54 Å². The first-order chi connectivity index (χ1) is 8.69. The molecule has 0 atom stereocenters. The van der Waals surface area contributed by atoms with Gasteiger partial charge in [-0.05, 0) is 56.7 Å². The van der Waals surface area contributed by atoms with Gasteiger partial charge >= 0.3 is 0 Å². The first kappa shape index (κ1) is 13.8. The fourth-order valence-electron chi connectivity index (χ4n) is 1.53. The molecule has 96 valence electrons. The molecule has 1 aromatic carbocycles. The van der Waals surface area contributed by atoms with Crippen molar-refractivity contribution in [3.05, 3.63) is 44.2 Å². The van der Waals surface area contributed by atoms with Gasteiger partial charge < -0.3 is 10.4 Å². The summed E-state index contributed by atoms with van der Waals surface area (Å²) >= 11 is 5.76. The number of halogens is 2. The minimum absolute atomic E-state index is 0.111. The third-order valence-electron chi connectivity index (χ3n) is 2.43. The highest BCUT2D eigenvalue weighted by molar-refractivity contribution is 14.1. The van der Waals surface area contributed by atoms with Gasteiger partial charge in [0.1, 0.15) is 0 Å². The summed E-state index contributed by atoms with van der Waals surface area (Å²) in [7, 11) is 0. The second-order valence-corrected chi connectivity index (χ2v) is 5.83. The van der Waals surface area contributed by atoms with Crippen LogP contribution in [0.1, 0.15) is 5.56 Å². The summed E-state index contributed by atoms with van der Waals surface area (Å²) in [6.07, 6.45) is 3.75. The van der Waals surface area contributed by atoms with Gasteiger partial charge in [0, 0.05) is 32.0 Å². The lowest BCUT2D eigenvalue weighted by Crippen LogP contribution is -2.02. The zero-order valence-corrected chi connectivity index (χ0v) is 13.3. The first-order valence-corrected chi connectivity index (χ1v) is 7.37. The standard InChI is InChI=1S/C12H13BrIN3O/c13-11-2-1-10(5-12(11)14)15-6-9-7-16-17(8-9)3-4-18/h1-2,5,7-8,15,18H,3-4,6H2. The van der Waals surface area contributed by atoms with Crippen molar-refractivity contribution in [2.75, 3.05) is 11.9 Å². The molecule has 2 aromatic rings. The van der Waals surface area contributed by atoms with Gasteiger partial charge in [0.25, 0.3) is 0 Å². The maximum absolute atomic E-state index is 8.81. The Morgan fingerprint density at radius 3 is 3.00 bits per heavy atom. The summed E-state index contributed by atoms with van der Waals surface area (Å²) in [5.74, 6) is 0. The lowest BCUT2D eigenvalue weighted by molar-refractivity contribution is 0.269. The van der Waals surface area contributed by atoms with Crippen molar-refractivity contribution >= 4 is 44.2 Å². The van der Waals surface area contributed by atoms with Crippen LogP contribution in [0.5, 0.6) is 0 Å². The largest absolute Gasteiger partial charge is 0.394 e. The van der Waals surface area contributed by atoms with Crippen LogP contribution in [0.15, 0.2) is 35.1 Å². The fraction of sp³-hybridized carbons (Fsp3) is 0.250. The predicted molar refractivity (Wildman–Crippen MR) is 83.5 cm³/mol. The van der Waals surface area contributed by atoms with E-state index in [1.807, 2.05) is 24.5 Å². The Balaban J connectivity index is 1.95. The number of anilines is 1. The Morgan fingerprint density at radius 1 is 1.44 bits per heavy atom. The number of hydrogen-bond donors (Lipinski definition) is 2. The summed E-state index contributed by atoms with van der Waals surface area (Å²) in [4.78, 5) is 0. The molecular weight excluding hydrogens is 409 g/mol. The van der Waals surface area contributed by atoms with Gasteiger partial charge in [-0.25, -0.2) is 0 Å². The van der Waals surface area contributed by atoms with Crippen LogP contribution >= 0.6 is 38.5 Å². The lowest BCUT2D eigenvalue weighted by atomic mass is 10.3. The molecule has 0 aliphatic carbocycles. The molecule has 0 spiro atoms. The van der Waals surface area contributed by atoms with Gasteiger partial charge in [0.05, 0.1) is 19.3 Å². The molecule has 0 radical (unpaired) electrons. The van der Waals surface area contributed by atoms with Gasteiger partial charge in [0.15, 0.2) is 0 Å². The Bertz CT molecular complexity index is 530. The van der Waals surface area contributed by atoms with Crippen molar-refractivity contribution in [3.8, 4) is 0 Å². The minimum Gasteiger partial charge on any atom is -0.394 e. The molecule has 0 bridgehead atoms. The molecule has 0 unspecified atom stereocenters. The van der Waals surface area contributed by atoms with E-state index in [1.54, 1.807) is 4.68 Å². The molecule has 0 aliphatic rings. The molecule has 0 saturated heterocycles. The molecule has 6 heteroatoms. The molecule has 0 amide bonds. The molecular formula is C12H13BrIN3O. The summed E-state index contributed by atoms with van der Waals surface area (Å²) in [6, 6.07) is 6.15. The van der Waals surface area contributed by atoms with Crippen LogP contribution in [0.25, 0.3) is 0 Å². The second kappa shape index (κ2) is 6.53. The number of nitrogens with one attached hydrogen (secondary N) is 1. The molecule has 2 rings (SSSR count). The molecule has 4 nitrogen and oxygen atoms in total. The summed E-state index contributed by atoms with van der Waals surface area (Å²) in [5, 5.41) is 16.3. The van der Waals surface area contributed by atoms with E-state index in [1.165, 1.54) is 3.57 Å². The van der Waals surface area contributed by atoms with Crippen molar-refractivity contribution in [1.82, 2.24) is 9.78 Å². The number of benzene rings is 1. The average Bonchev–Trinajstić information content (AvgIpc) is 2.79. The second-order valence-electron chi connectivity index (χ2n) is 3.82. The van der Waals surface area contributed by atoms with Crippen LogP contribution in [-0.2, 0) is 13.1 Å². The van der Waals surface area contributed by atoms with Crippen molar-refractivity contribution in [2.45, 2.75) is 13.1 Å². The summed E-state index contributed by atoms with van der Waals surface area (Å²) in [6.45, 7) is 1.37. The van der Waals surface area contributed by atoms with Crippen molar-refractivity contribution in [3.63, 3.8) is 0 Å². The third-order valence-corrected chi connectivity index (χ3v) is 4.76.